The van der Waals surface area contributed by atoms with Crippen LogP contribution in [0, 0.1) is 6.92 Å². The van der Waals surface area contributed by atoms with Gasteiger partial charge in [0.1, 0.15) is 10.1 Å². The first-order chi connectivity index (χ1) is 5.96. The van der Waals surface area contributed by atoms with Gasteiger partial charge >= 0.3 is 29.6 Å². The molecule has 0 aromatic heterocycles. The van der Waals surface area contributed by atoms with Gasteiger partial charge < -0.3 is 4.55 Å². The van der Waals surface area contributed by atoms with Crippen molar-refractivity contribution in [3.63, 3.8) is 0 Å². The van der Waals surface area contributed by atoms with Crippen LogP contribution in [-0.2, 0) is 10.1 Å². The Morgan fingerprint density at radius 1 is 1.36 bits per heavy atom. The maximum absolute atomic E-state index is 10.9. The fourth-order valence-electron chi connectivity index (χ4n) is 1.11. The van der Waals surface area contributed by atoms with Gasteiger partial charge in [-0.05, 0) is 24.8 Å². The Morgan fingerprint density at radius 2 is 1.93 bits per heavy atom. The molecular formula is C8H9NaO3S2. The Morgan fingerprint density at radius 3 is 2.29 bits per heavy atom. The van der Waals surface area contributed by atoms with E-state index in [0.29, 0.717) is 10.5 Å². The van der Waals surface area contributed by atoms with Gasteiger partial charge in [-0.25, -0.2) is 8.42 Å². The number of hydrogen-bond acceptors (Lipinski definition) is 4. The van der Waals surface area contributed by atoms with Crippen LogP contribution in [0.1, 0.15) is 5.56 Å². The number of rotatable bonds is 2. The van der Waals surface area contributed by atoms with Gasteiger partial charge in [0.25, 0.3) is 0 Å². The maximum atomic E-state index is 10.9. The molecule has 0 saturated carbocycles. The van der Waals surface area contributed by atoms with E-state index in [4.69, 9.17) is 0 Å². The van der Waals surface area contributed by atoms with Crippen LogP contribution in [0.3, 0.4) is 0 Å². The first kappa shape index (κ1) is 14.5. The second kappa shape index (κ2) is 5.53. The summed E-state index contributed by atoms with van der Waals surface area (Å²) >= 11 is 1.26. The summed E-state index contributed by atoms with van der Waals surface area (Å²) in [5.41, 5.74) is 0.502. The summed E-state index contributed by atoms with van der Waals surface area (Å²) in [6.45, 7) is 1.62. The molecule has 0 amide bonds. The van der Waals surface area contributed by atoms with E-state index in [2.05, 4.69) is 0 Å². The van der Waals surface area contributed by atoms with Crippen molar-refractivity contribution in [2.45, 2.75) is 16.7 Å². The molecule has 0 aliphatic rings. The van der Waals surface area contributed by atoms with Crippen molar-refractivity contribution < 1.29 is 42.5 Å². The summed E-state index contributed by atoms with van der Waals surface area (Å²) in [7, 11) is -4.35. The van der Waals surface area contributed by atoms with Gasteiger partial charge in [-0.2, -0.15) is 0 Å². The number of aryl methyl sites for hydroxylation is 1. The molecule has 0 atom stereocenters. The topological polar surface area (TPSA) is 57.2 Å². The molecule has 14 heavy (non-hydrogen) atoms. The van der Waals surface area contributed by atoms with Crippen molar-refractivity contribution in [3.05, 3.63) is 23.8 Å². The van der Waals surface area contributed by atoms with Crippen LogP contribution in [0.2, 0.25) is 0 Å². The van der Waals surface area contributed by atoms with Crippen LogP contribution in [0.15, 0.2) is 28.0 Å². The zero-order valence-electron chi connectivity index (χ0n) is 8.27. The molecule has 1 aromatic carbocycles. The summed E-state index contributed by atoms with van der Waals surface area (Å²) in [5, 5.41) is 0. The molecule has 0 spiro atoms. The van der Waals surface area contributed by atoms with Gasteiger partial charge in [0.15, 0.2) is 0 Å². The van der Waals surface area contributed by atoms with E-state index in [9.17, 15) is 13.0 Å². The Kier molecular flexibility index (Phi) is 5.72. The van der Waals surface area contributed by atoms with Gasteiger partial charge in [0, 0.05) is 4.90 Å². The summed E-state index contributed by atoms with van der Waals surface area (Å²) in [4.78, 5) is 0.414. The minimum absolute atomic E-state index is 0. The van der Waals surface area contributed by atoms with Crippen LogP contribution in [-0.4, -0.2) is 19.2 Å². The maximum Gasteiger partial charge on any atom is 1.00 e. The van der Waals surface area contributed by atoms with Gasteiger partial charge in [-0.1, -0.05) is 12.1 Å². The Hall–Kier alpha value is 0.480. The third-order valence-electron chi connectivity index (χ3n) is 1.65. The Bertz CT molecular complexity index is 415. The van der Waals surface area contributed by atoms with Crippen molar-refractivity contribution in [1.29, 1.82) is 0 Å². The quantitative estimate of drug-likeness (QED) is 0.363. The monoisotopic (exact) mass is 240 g/mol. The minimum Gasteiger partial charge on any atom is -0.744 e. The largest absolute Gasteiger partial charge is 1.00 e. The SMILES string of the molecule is CSc1cccc(C)c1S(=O)(=O)[O-].[Na+]. The smallest absolute Gasteiger partial charge is 0.744 e. The normalized spacial score (nSPS) is 10.8. The molecule has 1 aromatic rings. The minimum atomic E-state index is -4.35. The Labute approximate surface area is 110 Å². The molecule has 0 N–H and O–H groups in total. The van der Waals surface area contributed by atoms with E-state index in [1.165, 1.54) is 11.8 Å². The molecule has 0 heterocycles. The predicted molar refractivity (Wildman–Crippen MR) is 50.9 cm³/mol. The average Bonchev–Trinajstić information content (AvgIpc) is 2.01. The predicted octanol–water partition coefficient (Wildman–Crippen LogP) is -1.37. The fraction of sp³-hybridized carbons (Fsp3) is 0.250. The molecule has 3 nitrogen and oxygen atoms in total. The number of hydrogen-bond donors (Lipinski definition) is 0. The average molecular weight is 240 g/mol. The third kappa shape index (κ3) is 3.25. The Balaban J connectivity index is 0.00000169. The molecule has 0 aliphatic carbocycles. The zero-order valence-corrected chi connectivity index (χ0v) is 11.9. The fourth-order valence-corrected chi connectivity index (χ4v) is 3.00. The first-order valence-electron chi connectivity index (χ1n) is 3.56. The molecule has 6 heteroatoms. The molecule has 0 fully saturated rings. The molecule has 72 valence electrons. The van der Waals surface area contributed by atoms with Crippen molar-refractivity contribution in [1.82, 2.24) is 0 Å². The van der Waals surface area contributed by atoms with Crippen LogP contribution in [0.5, 0.6) is 0 Å². The standard InChI is InChI=1S/C8H10O3S2.Na/c1-6-4-3-5-7(12-2)8(6)13(9,10)11;/h3-5H,1-2H3,(H,9,10,11);/q;+1/p-1. The van der Waals surface area contributed by atoms with Gasteiger partial charge in [-0.3, -0.25) is 0 Å². The van der Waals surface area contributed by atoms with Crippen molar-refractivity contribution in [2.75, 3.05) is 6.26 Å². The van der Waals surface area contributed by atoms with Crippen LogP contribution in [0.25, 0.3) is 0 Å². The van der Waals surface area contributed by atoms with Crippen LogP contribution in [0.4, 0.5) is 0 Å². The molecule has 0 saturated heterocycles. The summed E-state index contributed by atoms with van der Waals surface area (Å²) < 4.78 is 32.6. The molecular weight excluding hydrogens is 231 g/mol. The summed E-state index contributed by atoms with van der Waals surface area (Å²) in [6.07, 6.45) is 1.74. The van der Waals surface area contributed by atoms with E-state index < -0.39 is 10.1 Å². The van der Waals surface area contributed by atoms with Crippen molar-refractivity contribution in [2.24, 2.45) is 0 Å². The molecule has 1 rings (SSSR count). The van der Waals surface area contributed by atoms with E-state index >= 15 is 0 Å². The van der Waals surface area contributed by atoms with Crippen molar-refractivity contribution in [3.8, 4) is 0 Å². The second-order valence-electron chi connectivity index (χ2n) is 2.56. The van der Waals surface area contributed by atoms with Gasteiger partial charge in [0.05, 0.1) is 4.90 Å². The summed E-state index contributed by atoms with van der Waals surface area (Å²) in [6, 6.07) is 4.97. The molecule has 0 aliphatic heterocycles. The van der Waals surface area contributed by atoms with E-state index in [1.807, 2.05) is 0 Å². The number of thioether (sulfide) groups is 1. The van der Waals surface area contributed by atoms with Gasteiger partial charge in [-0.15, -0.1) is 11.8 Å². The molecule has 0 bridgehead atoms. The third-order valence-corrected chi connectivity index (χ3v) is 3.60. The second-order valence-corrected chi connectivity index (χ2v) is 4.72. The van der Waals surface area contributed by atoms with Crippen LogP contribution >= 0.6 is 11.8 Å². The zero-order chi connectivity index (χ0) is 10.1. The van der Waals surface area contributed by atoms with E-state index in [-0.39, 0.29) is 34.5 Å². The van der Waals surface area contributed by atoms with Gasteiger partial charge in [0.2, 0.25) is 0 Å². The van der Waals surface area contributed by atoms with Crippen LogP contribution < -0.4 is 29.6 Å². The summed E-state index contributed by atoms with van der Waals surface area (Å²) in [5.74, 6) is 0. The van der Waals surface area contributed by atoms with E-state index in [0.717, 1.165) is 0 Å². The first-order valence-corrected chi connectivity index (χ1v) is 6.19. The van der Waals surface area contributed by atoms with Crippen molar-refractivity contribution >= 4 is 21.9 Å². The molecule has 0 radical (unpaired) electrons. The number of benzene rings is 1. The van der Waals surface area contributed by atoms with E-state index in [1.54, 1.807) is 31.4 Å². The molecule has 0 unspecified atom stereocenters.